The van der Waals surface area contributed by atoms with E-state index in [1.807, 2.05) is 46.9 Å². The summed E-state index contributed by atoms with van der Waals surface area (Å²) in [6.45, 7) is 6.40. The highest BCUT2D eigenvalue weighted by Gasteiger charge is 2.16. The summed E-state index contributed by atoms with van der Waals surface area (Å²) in [4.78, 5) is 12.4. The summed E-state index contributed by atoms with van der Waals surface area (Å²) in [6, 6.07) is 11.9. The third-order valence-electron chi connectivity index (χ3n) is 3.19. The first-order valence-electron chi connectivity index (χ1n) is 6.39. The SMILES string of the molecule is CC(C)(C)c1ccc(C(=O)c2ccc(F)cc2I)cc1. The first-order chi connectivity index (χ1) is 9.29. The maximum Gasteiger partial charge on any atom is 0.194 e. The Kier molecular flexibility index (Phi) is 4.28. The van der Waals surface area contributed by atoms with Crippen molar-refractivity contribution in [1.82, 2.24) is 0 Å². The van der Waals surface area contributed by atoms with Crippen molar-refractivity contribution in [3.8, 4) is 0 Å². The maximum atomic E-state index is 13.1. The van der Waals surface area contributed by atoms with E-state index in [-0.39, 0.29) is 17.0 Å². The summed E-state index contributed by atoms with van der Waals surface area (Å²) in [5, 5.41) is 0. The van der Waals surface area contributed by atoms with Crippen LogP contribution in [0.15, 0.2) is 42.5 Å². The molecule has 0 spiro atoms. The number of carbonyl (C=O) groups excluding carboxylic acids is 1. The quantitative estimate of drug-likeness (QED) is 0.530. The second-order valence-electron chi connectivity index (χ2n) is 5.78. The number of benzene rings is 2. The summed E-state index contributed by atoms with van der Waals surface area (Å²) in [5.74, 6) is -0.399. The van der Waals surface area contributed by atoms with E-state index in [4.69, 9.17) is 0 Å². The molecule has 0 radical (unpaired) electrons. The van der Waals surface area contributed by atoms with Crippen LogP contribution in [-0.4, -0.2) is 5.78 Å². The minimum absolute atomic E-state index is 0.0614. The molecule has 0 N–H and O–H groups in total. The molecule has 0 bridgehead atoms. The molecule has 0 aliphatic carbocycles. The molecule has 0 aromatic heterocycles. The molecule has 0 fully saturated rings. The van der Waals surface area contributed by atoms with Gasteiger partial charge in [0.2, 0.25) is 0 Å². The zero-order valence-corrected chi connectivity index (χ0v) is 13.9. The molecule has 2 aromatic rings. The molecule has 0 saturated carbocycles. The molecule has 0 amide bonds. The first kappa shape index (κ1) is 15.2. The van der Waals surface area contributed by atoms with Crippen molar-refractivity contribution in [2.75, 3.05) is 0 Å². The lowest BCUT2D eigenvalue weighted by molar-refractivity contribution is 0.103. The second kappa shape index (κ2) is 5.64. The lowest BCUT2D eigenvalue weighted by atomic mass is 9.86. The Morgan fingerprint density at radius 3 is 2.15 bits per heavy atom. The van der Waals surface area contributed by atoms with Gasteiger partial charge in [-0.2, -0.15) is 0 Å². The Morgan fingerprint density at radius 2 is 1.65 bits per heavy atom. The van der Waals surface area contributed by atoms with E-state index < -0.39 is 0 Å². The Bertz CT molecular complexity index is 639. The largest absolute Gasteiger partial charge is 0.289 e. The predicted molar refractivity (Wildman–Crippen MR) is 87.7 cm³/mol. The van der Waals surface area contributed by atoms with Crippen molar-refractivity contribution in [2.24, 2.45) is 0 Å². The lowest BCUT2D eigenvalue weighted by Crippen LogP contribution is -2.11. The Labute approximate surface area is 132 Å². The highest BCUT2D eigenvalue weighted by atomic mass is 127. The number of halogens is 2. The van der Waals surface area contributed by atoms with E-state index in [2.05, 4.69) is 20.8 Å². The standard InChI is InChI=1S/C17H16FIO/c1-17(2,3)12-6-4-11(5-7-12)16(20)14-9-8-13(18)10-15(14)19/h4-10H,1-3H3. The zero-order valence-electron chi connectivity index (χ0n) is 11.7. The number of rotatable bonds is 2. The van der Waals surface area contributed by atoms with E-state index >= 15 is 0 Å². The van der Waals surface area contributed by atoms with Crippen LogP contribution in [0.3, 0.4) is 0 Å². The van der Waals surface area contributed by atoms with Gasteiger partial charge >= 0.3 is 0 Å². The average molecular weight is 382 g/mol. The molecule has 0 aliphatic heterocycles. The number of hydrogen-bond acceptors (Lipinski definition) is 1. The van der Waals surface area contributed by atoms with Gasteiger partial charge in [-0.25, -0.2) is 4.39 Å². The first-order valence-corrected chi connectivity index (χ1v) is 7.47. The van der Waals surface area contributed by atoms with Crippen LogP contribution in [0.4, 0.5) is 4.39 Å². The van der Waals surface area contributed by atoms with Gasteiger partial charge in [-0.1, -0.05) is 45.0 Å². The fourth-order valence-corrected chi connectivity index (χ4v) is 2.67. The summed E-state index contributed by atoms with van der Waals surface area (Å²) in [6.07, 6.45) is 0. The monoisotopic (exact) mass is 382 g/mol. The highest BCUT2D eigenvalue weighted by Crippen LogP contribution is 2.24. The van der Waals surface area contributed by atoms with Crippen molar-refractivity contribution >= 4 is 28.4 Å². The van der Waals surface area contributed by atoms with Crippen LogP contribution >= 0.6 is 22.6 Å². The molecule has 0 heterocycles. The van der Waals surface area contributed by atoms with Crippen LogP contribution in [-0.2, 0) is 5.41 Å². The van der Waals surface area contributed by atoms with E-state index in [1.165, 1.54) is 23.8 Å². The van der Waals surface area contributed by atoms with Crippen LogP contribution < -0.4 is 0 Å². The zero-order chi connectivity index (χ0) is 14.9. The Balaban J connectivity index is 2.34. The van der Waals surface area contributed by atoms with Gasteiger partial charge in [0.1, 0.15) is 5.82 Å². The molecular weight excluding hydrogens is 366 g/mol. The molecule has 104 valence electrons. The average Bonchev–Trinajstić information content (AvgIpc) is 2.37. The normalized spacial score (nSPS) is 11.4. The van der Waals surface area contributed by atoms with Crippen molar-refractivity contribution in [2.45, 2.75) is 26.2 Å². The predicted octanol–water partition coefficient (Wildman–Crippen LogP) is 4.96. The van der Waals surface area contributed by atoms with Gasteiger partial charge in [-0.3, -0.25) is 4.79 Å². The van der Waals surface area contributed by atoms with Gasteiger partial charge in [0.15, 0.2) is 5.78 Å². The molecule has 2 aromatic carbocycles. The van der Waals surface area contributed by atoms with Crippen molar-refractivity contribution in [3.05, 3.63) is 68.5 Å². The van der Waals surface area contributed by atoms with E-state index in [1.54, 1.807) is 0 Å². The topological polar surface area (TPSA) is 17.1 Å². The molecule has 1 nitrogen and oxygen atoms in total. The molecule has 3 heteroatoms. The van der Waals surface area contributed by atoms with Gasteiger partial charge < -0.3 is 0 Å². The molecular formula is C17H16FIO. The summed E-state index contributed by atoms with van der Waals surface area (Å²) in [5.41, 5.74) is 2.41. The van der Waals surface area contributed by atoms with Crippen molar-refractivity contribution in [1.29, 1.82) is 0 Å². The van der Waals surface area contributed by atoms with Crippen molar-refractivity contribution < 1.29 is 9.18 Å². The van der Waals surface area contributed by atoms with E-state index in [0.29, 0.717) is 14.7 Å². The fraction of sp³-hybridized carbons (Fsp3) is 0.235. The summed E-state index contributed by atoms with van der Waals surface area (Å²) >= 11 is 1.99. The van der Waals surface area contributed by atoms with Crippen LogP contribution in [0.5, 0.6) is 0 Å². The number of carbonyl (C=O) groups is 1. The lowest BCUT2D eigenvalue weighted by Gasteiger charge is -2.19. The second-order valence-corrected chi connectivity index (χ2v) is 6.94. The molecule has 0 saturated heterocycles. The minimum atomic E-state index is -0.325. The number of ketones is 1. The fourth-order valence-electron chi connectivity index (χ4n) is 1.95. The van der Waals surface area contributed by atoms with Crippen LogP contribution in [0.25, 0.3) is 0 Å². The van der Waals surface area contributed by atoms with Crippen molar-refractivity contribution in [3.63, 3.8) is 0 Å². The van der Waals surface area contributed by atoms with Crippen LogP contribution in [0.2, 0.25) is 0 Å². The van der Waals surface area contributed by atoms with Gasteiger partial charge in [-0.15, -0.1) is 0 Å². The molecule has 2 rings (SSSR count). The highest BCUT2D eigenvalue weighted by molar-refractivity contribution is 14.1. The van der Waals surface area contributed by atoms with Crippen LogP contribution in [0.1, 0.15) is 42.3 Å². The molecule has 20 heavy (non-hydrogen) atoms. The van der Waals surface area contributed by atoms with Crippen LogP contribution in [0, 0.1) is 9.39 Å². The third kappa shape index (κ3) is 3.26. The van der Waals surface area contributed by atoms with Gasteiger partial charge in [0.05, 0.1) is 0 Å². The maximum absolute atomic E-state index is 13.1. The third-order valence-corrected chi connectivity index (χ3v) is 4.08. The molecule has 0 atom stereocenters. The smallest absolute Gasteiger partial charge is 0.194 e. The summed E-state index contributed by atoms with van der Waals surface area (Å²) in [7, 11) is 0. The van der Waals surface area contributed by atoms with E-state index in [0.717, 1.165) is 0 Å². The Morgan fingerprint density at radius 1 is 1.05 bits per heavy atom. The van der Waals surface area contributed by atoms with Gasteiger partial charge in [-0.05, 0) is 51.8 Å². The summed E-state index contributed by atoms with van der Waals surface area (Å²) < 4.78 is 13.7. The number of hydrogen-bond donors (Lipinski definition) is 0. The Hall–Kier alpha value is -1.23. The molecule has 0 unspecified atom stereocenters. The molecule has 0 aliphatic rings. The minimum Gasteiger partial charge on any atom is -0.289 e. The van der Waals surface area contributed by atoms with Gasteiger partial charge in [0.25, 0.3) is 0 Å². The van der Waals surface area contributed by atoms with E-state index in [9.17, 15) is 9.18 Å². The van der Waals surface area contributed by atoms with Gasteiger partial charge in [0, 0.05) is 14.7 Å².